The standard InChI is InChI=1S/C22H20ClN3O2S2/c1-26(2)19-9-5-8-18(24-19)22(14-10-11-29-13-14)12-16(27)20(21(28)25-22)30-17-7-4-3-6-15(17)23/h3-11,13,20H,12H2,1-2H3,(H,25,28). The molecule has 1 aliphatic heterocycles. The molecule has 1 aliphatic rings. The molecule has 0 bridgehead atoms. The second-order valence-corrected chi connectivity index (χ2v) is 9.59. The van der Waals surface area contributed by atoms with E-state index >= 15 is 0 Å². The zero-order valence-corrected chi connectivity index (χ0v) is 18.9. The zero-order valence-electron chi connectivity index (χ0n) is 16.5. The highest BCUT2D eigenvalue weighted by molar-refractivity contribution is 8.01. The first kappa shape index (κ1) is 20.9. The smallest absolute Gasteiger partial charge is 0.242 e. The average molecular weight is 458 g/mol. The summed E-state index contributed by atoms with van der Waals surface area (Å²) in [5.74, 6) is 0.280. The summed E-state index contributed by atoms with van der Waals surface area (Å²) in [6, 6.07) is 14.8. The molecular formula is C22H20ClN3O2S2. The van der Waals surface area contributed by atoms with E-state index in [1.54, 1.807) is 6.07 Å². The molecule has 0 aliphatic carbocycles. The highest BCUT2D eigenvalue weighted by Gasteiger charge is 2.48. The van der Waals surface area contributed by atoms with Crippen molar-refractivity contribution in [2.24, 2.45) is 0 Å². The molecule has 3 aromatic rings. The fourth-order valence-corrected chi connectivity index (χ4v) is 5.47. The van der Waals surface area contributed by atoms with Gasteiger partial charge in [0.05, 0.1) is 10.7 Å². The third kappa shape index (κ3) is 3.85. The van der Waals surface area contributed by atoms with Crippen LogP contribution in [0.3, 0.4) is 0 Å². The Morgan fingerprint density at radius 3 is 2.63 bits per heavy atom. The van der Waals surface area contributed by atoms with E-state index in [-0.39, 0.29) is 18.1 Å². The predicted octanol–water partition coefficient (Wildman–Crippen LogP) is 4.36. The number of nitrogens with one attached hydrogen (secondary N) is 1. The minimum absolute atomic E-state index is 0.126. The zero-order chi connectivity index (χ0) is 21.3. The Labute approximate surface area is 188 Å². The number of hydrogen-bond donors (Lipinski definition) is 1. The highest BCUT2D eigenvalue weighted by Crippen LogP contribution is 2.41. The van der Waals surface area contributed by atoms with Gasteiger partial charge in [-0.15, -0.1) is 11.8 Å². The van der Waals surface area contributed by atoms with E-state index in [4.69, 9.17) is 16.6 Å². The van der Waals surface area contributed by atoms with Crippen molar-refractivity contribution in [2.45, 2.75) is 22.1 Å². The van der Waals surface area contributed by atoms with E-state index in [9.17, 15) is 9.59 Å². The summed E-state index contributed by atoms with van der Waals surface area (Å²) in [5.41, 5.74) is 0.520. The normalized spacial score (nSPS) is 21.4. The molecule has 5 nitrogen and oxygen atoms in total. The quantitative estimate of drug-likeness (QED) is 0.577. The van der Waals surface area contributed by atoms with Gasteiger partial charge in [-0.25, -0.2) is 4.98 Å². The first-order valence-corrected chi connectivity index (χ1v) is 11.5. The van der Waals surface area contributed by atoms with Crippen LogP contribution in [0, 0.1) is 0 Å². The van der Waals surface area contributed by atoms with Crippen molar-refractivity contribution in [3.05, 3.63) is 75.6 Å². The minimum Gasteiger partial charge on any atom is -0.363 e. The number of ketones is 1. The van der Waals surface area contributed by atoms with Crippen LogP contribution in [-0.4, -0.2) is 36.0 Å². The number of amides is 1. The molecule has 1 aromatic carbocycles. The van der Waals surface area contributed by atoms with E-state index in [1.165, 1.54) is 23.1 Å². The fourth-order valence-electron chi connectivity index (χ4n) is 3.50. The van der Waals surface area contributed by atoms with Gasteiger partial charge in [-0.1, -0.05) is 29.8 Å². The molecule has 8 heteroatoms. The van der Waals surface area contributed by atoms with Gasteiger partial charge in [-0.3, -0.25) is 9.59 Å². The Kier molecular flexibility index (Phi) is 5.86. The summed E-state index contributed by atoms with van der Waals surface area (Å²) in [7, 11) is 3.81. The number of halogens is 1. The summed E-state index contributed by atoms with van der Waals surface area (Å²) >= 11 is 8.95. The molecule has 3 heterocycles. The topological polar surface area (TPSA) is 62.3 Å². The number of hydrogen-bond acceptors (Lipinski definition) is 6. The van der Waals surface area contributed by atoms with Gasteiger partial charge in [0.1, 0.15) is 16.6 Å². The lowest BCUT2D eigenvalue weighted by molar-refractivity contribution is -0.133. The Hall–Kier alpha value is -2.35. The molecule has 1 fully saturated rings. The summed E-state index contributed by atoms with van der Waals surface area (Å²) in [6.45, 7) is 0. The highest BCUT2D eigenvalue weighted by atomic mass is 35.5. The summed E-state index contributed by atoms with van der Waals surface area (Å²) in [5, 5.41) is 6.71. The maximum absolute atomic E-state index is 13.3. The van der Waals surface area contributed by atoms with E-state index in [1.807, 2.05) is 72.2 Å². The molecule has 0 radical (unpaired) electrons. The van der Waals surface area contributed by atoms with Crippen molar-refractivity contribution < 1.29 is 9.59 Å². The van der Waals surface area contributed by atoms with Crippen LogP contribution in [-0.2, 0) is 15.1 Å². The molecule has 1 N–H and O–H groups in total. The second kappa shape index (κ2) is 8.41. The number of carbonyl (C=O) groups excluding carboxylic acids is 2. The fraction of sp³-hybridized carbons (Fsp3) is 0.227. The van der Waals surface area contributed by atoms with E-state index < -0.39 is 10.8 Å². The number of pyridine rings is 1. The van der Waals surface area contributed by atoms with Gasteiger partial charge in [0.2, 0.25) is 5.91 Å². The van der Waals surface area contributed by atoms with Crippen molar-refractivity contribution in [2.75, 3.05) is 19.0 Å². The number of piperidine rings is 1. The van der Waals surface area contributed by atoms with E-state index in [2.05, 4.69) is 5.32 Å². The Morgan fingerprint density at radius 1 is 1.17 bits per heavy atom. The molecule has 2 atom stereocenters. The minimum atomic E-state index is -0.988. The van der Waals surface area contributed by atoms with Crippen LogP contribution in [0.1, 0.15) is 17.7 Å². The number of carbonyl (C=O) groups is 2. The van der Waals surface area contributed by atoms with Gasteiger partial charge in [0.25, 0.3) is 0 Å². The predicted molar refractivity (Wildman–Crippen MR) is 123 cm³/mol. The van der Waals surface area contributed by atoms with Crippen LogP contribution in [0.25, 0.3) is 0 Å². The summed E-state index contributed by atoms with van der Waals surface area (Å²) in [4.78, 5) is 33.8. The molecule has 0 saturated carbocycles. The van der Waals surface area contributed by atoms with Gasteiger partial charge >= 0.3 is 0 Å². The largest absolute Gasteiger partial charge is 0.363 e. The summed E-state index contributed by atoms with van der Waals surface area (Å²) < 4.78 is 0. The SMILES string of the molecule is CN(C)c1cccc(C2(c3ccsc3)CC(=O)C(Sc3ccccc3Cl)C(=O)N2)n1. The van der Waals surface area contributed by atoms with Crippen LogP contribution in [0.2, 0.25) is 5.02 Å². The second-order valence-electron chi connectivity index (χ2n) is 7.25. The first-order chi connectivity index (χ1) is 14.4. The van der Waals surface area contributed by atoms with Crippen molar-refractivity contribution in [3.8, 4) is 0 Å². The van der Waals surface area contributed by atoms with Crippen LogP contribution in [0.15, 0.2) is 64.2 Å². The monoisotopic (exact) mass is 457 g/mol. The number of nitrogens with zero attached hydrogens (tertiary/aromatic N) is 2. The third-order valence-electron chi connectivity index (χ3n) is 5.03. The van der Waals surface area contributed by atoms with Crippen molar-refractivity contribution in [1.82, 2.24) is 10.3 Å². The van der Waals surface area contributed by atoms with E-state index in [0.29, 0.717) is 15.6 Å². The van der Waals surface area contributed by atoms with Crippen LogP contribution < -0.4 is 10.2 Å². The number of thioether (sulfide) groups is 1. The Bertz CT molecular complexity index is 1070. The molecule has 30 heavy (non-hydrogen) atoms. The van der Waals surface area contributed by atoms with Gasteiger partial charge < -0.3 is 10.2 Å². The Morgan fingerprint density at radius 2 is 1.97 bits per heavy atom. The molecular weight excluding hydrogens is 438 g/mol. The van der Waals surface area contributed by atoms with E-state index in [0.717, 1.165) is 11.4 Å². The van der Waals surface area contributed by atoms with Crippen LogP contribution in [0.4, 0.5) is 5.82 Å². The van der Waals surface area contributed by atoms with Crippen molar-refractivity contribution >= 4 is 52.2 Å². The van der Waals surface area contributed by atoms with Crippen molar-refractivity contribution in [3.63, 3.8) is 0 Å². The third-order valence-corrected chi connectivity index (χ3v) is 7.48. The molecule has 0 spiro atoms. The number of thiophene rings is 1. The molecule has 2 unspecified atom stereocenters. The molecule has 1 saturated heterocycles. The maximum Gasteiger partial charge on any atom is 0.242 e. The van der Waals surface area contributed by atoms with Crippen molar-refractivity contribution in [1.29, 1.82) is 0 Å². The van der Waals surface area contributed by atoms with Crippen LogP contribution >= 0.6 is 34.7 Å². The maximum atomic E-state index is 13.3. The molecule has 1 amide bonds. The number of benzene rings is 1. The number of anilines is 1. The lowest BCUT2D eigenvalue weighted by Gasteiger charge is -2.39. The molecule has 154 valence electrons. The Balaban J connectivity index is 1.72. The molecule has 4 rings (SSSR count). The van der Waals surface area contributed by atoms with Gasteiger partial charge in [-0.2, -0.15) is 11.3 Å². The first-order valence-electron chi connectivity index (χ1n) is 9.34. The lowest BCUT2D eigenvalue weighted by atomic mass is 9.79. The number of Topliss-reactive ketones (excluding diaryl/α,β-unsaturated/α-hetero) is 1. The summed E-state index contributed by atoms with van der Waals surface area (Å²) in [6.07, 6.45) is 0.126. The number of aromatic nitrogens is 1. The average Bonchev–Trinajstić information content (AvgIpc) is 3.27. The van der Waals surface area contributed by atoms with Gasteiger partial charge in [0.15, 0.2) is 5.78 Å². The van der Waals surface area contributed by atoms with Gasteiger partial charge in [0, 0.05) is 25.4 Å². The van der Waals surface area contributed by atoms with Crippen LogP contribution in [0.5, 0.6) is 0 Å². The number of rotatable bonds is 5. The molecule has 2 aromatic heterocycles. The van der Waals surface area contributed by atoms with Gasteiger partial charge in [-0.05, 0) is 46.7 Å². The lowest BCUT2D eigenvalue weighted by Crippen LogP contribution is -2.58.